The highest BCUT2D eigenvalue weighted by atomic mass is 16.1. The Labute approximate surface area is 111 Å². The van der Waals surface area contributed by atoms with Crippen LogP contribution in [-0.4, -0.2) is 11.6 Å². The van der Waals surface area contributed by atoms with E-state index in [1.165, 1.54) is 5.56 Å². The zero-order valence-corrected chi connectivity index (χ0v) is 10.4. The molecule has 0 heterocycles. The molecular weight excluding hydrogens is 236 g/mol. The predicted octanol–water partition coefficient (Wildman–Crippen LogP) is 2.95. The summed E-state index contributed by atoms with van der Waals surface area (Å²) >= 11 is 0. The Balaban J connectivity index is 2.06. The quantitative estimate of drug-likeness (QED) is 0.613. The lowest BCUT2D eigenvalue weighted by atomic mass is 9.81. The first-order valence-corrected chi connectivity index (χ1v) is 6.60. The largest absolute Gasteiger partial charge is 0.289 e. The molecule has 2 nitrogen and oxygen atoms in total. The second-order valence-electron chi connectivity index (χ2n) is 5.18. The molecule has 0 amide bonds. The van der Waals surface area contributed by atoms with Crippen LogP contribution < -0.4 is 0 Å². The molecule has 0 aliphatic heterocycles. The third-order valence-electron chi connectivity index (χ3n) is 4.17. The van der Waals surface area contributed by atoms with E-state index in [0.717, 1.165) is 24.8 Å². The summed E-state index contributed by atoms with van der Waals surface area (Å²) in [5, 5.41) is 0. The second-order valence-corrected chi connectivity index (χ2v) is 5.18. The Bertz CT molecular complexity index is 741. The standard InChI is InChI=1S/C17H12O2/c18-16-12-5-1-2-6-13(12)17(19)15-11-7-3-4-10(11)8-9-14(15)16/h1-2,5-6,8-9H,3-4,7H2. The van der Waals surface area contributed by atoms with Gasteiger partial charge in [-0.05, 0) is 36.5 Å². The van der Waals surface area contributed by atoms with E-state index in [0.29, 0.717) is 22.3 Å². The number of fused-ring (bicyclic) bond motifs is 4. The van der Waals surface area contributed by atoms with Crippen molar-refractivity contribution in [2.75, 3.05) is 0 Å². The minimum absolute atomic E-state index is 0.0140. The molecule has 0 saturated heterocycles. The molecule has 0 aromatic heterocycles. The molecule has 0 radical (unpaired) electrons. The minimum atomic E-state index is -0.0140. The molecule has 0 spiro atoms. The number of carbonyl (C=O) groups excluding carboxylic acids is 2. The average molecular weight is 248 g/mol. The van der Waals surface area contributed by atoms with Crippen molar-refractivity contribution in [3.8, 4) is 0 Å². The van der Waals surface area contributed by atoms with Gasteiger partial charge in [-0.1, -0.05) is 30.3 Å². The van der Waals surface area contributed by atoms with Crippen molar-refractivity contribution in [2.45, 2.75) is 19.3 Å². The first-order chi connectivity index (χ1) is 9.27. The average Bonchev–Trinajstić information content (AvgIpc) is 2.92. The molecule has 2 aliphatic carbocycles. The number of benzene rings is 2. The van der Waals surface area contributed by atoms with Gasteiger partial charge in [-0.15, -0.1) is 0 Å². The Morgan fingerprint density at radius 2 is 1.47 bits per heavy atom. The third-order valence-corrected chi connectivity index (χ3v) is 4.17. The summed E-state index contributed by atoms with van der Waals surface area (Å²) in [7, 11) is 0. The molecule has 2 aromatic rings. The van der Waals surface area contributed by atoms with Crippen LogP contribution in [0.2, 0.25) is 0 Å². The number of ketones is 2. The molecule has 0 fully saturated rings. The van der Waals surface area contributed by atoms with E-state index in [1.807, 2.05) is 24.3 Å². The maximum atomic E-state index is 12.7. The topological polar surface area (TPSA) is 34.1 Å². The summed E-state index contributed by atoms with van der Waals surface area (Å²) in [6.45, 7) is 0. The fourth-order valence-electron chi connectivity index (χ4n) is 3.27. The summed E-state index contributed by atoms with van der Waals surface area (Å²) in [5.74, 6) is 0.00356. The van der Waals surface area contributed by atoms with Gasteiger partial charge in [0.05, 0.1) is 0 Å². The number of hydrogen-bond donors (Lipinski definition) is 0. The highest BCUT2D eigenvalue weighted by molar-refractivity contribution is 6.29. The Morgan fingerprint density at radius 3 is 2.26 bits per heavy atom. The fourth-order valence-corrected chi connectivity index (χ4v) is 3.27. The third kappa shape index (κ3) is 1.31. The van der Waals surface area contributed by atoms with Crippen LogP contribution in [0.5, 0.6) is 0 Å². The molecular formula is C17H12O2. The van der Waals surface area contributed by atoms with Crippen LogP contribution in [0, 0.1) is 0 Å². The van der Waals surface area contributed by atoms with Gasteiger partial charge in [-0.3, -0.25) is 9.59 Å². The Morgan fingerprint density at radius 1 is 0.737 bits per heavy atom. The molecule has 2 heteroatoms. The summed E-state index contributed by atoms with van der Waals surface area (Å²) in [5.41, 5.74) is 4.69. The predicted molar refractivity (Wildman–Crippen MR) is 71.8 cm³/mol. The van der Waals surface area contributed by atoms with Crippen molar-refractivity contribution in [1.29, 1.82) is 0 Å². The van der Waals surface area contributed by atoms with E-state index in [4.69, 9.17) is 0 Å². The number of aryl methyl sites for hydroxylation is 1. The molecule has 2 aromatic carbocycles. The summed E-state index contributed by atoms with van der Waals surface area (Å²) < 4.78 is 0. The molecule has 19 heavy (non-hydrogen) atoms. The highest BCUT2D eigenvalue weighted by Gasteiger charge is 2.33. The van der Waals surface area contributed by atoms with E-state index in [2.05, 4.69) is 0 Å². The smallest absolute Gasteiger partial charge is 0.194 e. The van der Waals surface area contributed by atoms with Crippen LogP contribution in [0.15, 0.2) is 36.4 Å². The van der Waals surface area contributed by atoms with Crippen molar-refractivity contribution in [3.63, 3.8) is 0 Å². The first kappa shape index (κ1) is 10.7. The van der Waals surface area contributed by atoms with Crippen molar-refractivity contribution in [1.82, 2.24) is 0 Å². The molecule has 4 rings (SSSR count). The molecule has 0 unspecified atom stereocenters. The lowest BCUT2D eigenvalue weighted by molar-refractivity contribution is 0.0978. The molecule has 0 atom stereocenters. The van der Waals surface area contributed by atoms with Gasteiger partial charge >= 0.3 is 0 Å². The van der Waals surface area contributed by atoms with Gasteiger partial charge in [0.1, 0.15) is 0 Å². The summed E-state index contributed by atoms with van der Waals surface area (Å²) in [6.07, 6.45) is 3.01. The van der Waals surface area contributed by atoms with Gasteiger partial charge in [-0.25, -0.2) is 0 Å². The van der Waals surface area contributed by atoms with E-state index >= 15 is 0 Å². The maximum absolute atomic E-state index is 12.7. The van der Waals surface area contributed by atoms with Crippen LogP contribution in [0.4, 0.5) is 0 Å². The Kier molecular flexibility index (Phi) is 2.05. The summed E-state index contributed by atoms with van der Waals surface area (Å²) in [4.78, 5) is 25.2. The zero-order chi connectivity index (χ0) is 13.0. The van der Waals surface area contributed by atoms with Gasteiger partial charge in [0.2, 0.25) is 0 Å². The number of hydrogen-bond acceptors (Lipinski definition) is 2. The number of rotatable bonds is 0. The van der Waals surface area contributed by atoms with E-state index in [9.17, 15) is 9.59 Å². The number of carbonyl (C=O) groups is 2. The van der Waals surface area contributed by atoms with Crippen LogP contribution in [0.3, 0.4) is 0 Å². The monoisotopic (exact) mass is 248 g/mol. The molecule has 0 bridgehead atoms. The van der Waals surface area contributed by atoms with Crippen molar-refractivity contribution in [3.05, 3.63) is 69.8 Å². The summed E-state index contributed by atoms with van der Waals surface area (Å²) in [6, 6.07) is 11.0. The molecule has 2 aliphatic rings. The van der Waals surface area contributed by atoms with E-state index in [-0.39, 0.29) is 11.6 Å². The highest BCUT2D eigenvalue weighted by Crippen LogP contribution is 2.34. The lowest BCUT2D eigenvalue weighted by Gasteiger charge is -2.19. The van der Waals surface area contributed by atoms with E-state index < -0.39 is 0 Å². The van der Waals surface area contributed by atoms with Crippen LogP contribution in [0.1, 0.15) is 49.4 Å². The van der Waals surface area contributed by atoms with Crippen LogP contribution >= 0.6 is 0 Å². The Hall–Kier alpha value is -2.22. The normalized spacial score (nSPS) is 16.0. The molecule has 0 N–H and O–H groups in total. The van der Waals surface area contributed by atoms with Gasteiger partial charge in [0, 0.05) is 22.3 Å². The maximum Gasteiger partial charge on any atom is 0.194 e. The van der Waals surface area contributed by atoms with Gasteiger partial charge in [0.15, 0.2) is 11.6 Å². The SMILES string of the molecule is O=C1c2ccccc2C(=O)c2c1ccc1c2CCC1. The minimum Gasteiger partial charge on any atom is -0.289 e. The first-order valence-electron chi connectivity index (χ1n) is 6.60. The van der Waals surface area contributed by atoms with Crippen LogP contribution in [0.25, 0.3) is 0 Å². The zero-order valence-electron chi connectivity index (χ0n) is 10.4. The molecule has 0 saturated carbocycles. The fraction of sp³-hybridized carbons (Fsp3) is 0.176. The lowest BCUT2D eigenvalue weighted by Crippen LogP contribution is -2.22. The van der Waals surface area contributed by atoms with Gasteiger partial charge < -0.3 is 0 Å². The molecule has 92 valence electrons. The van der Waals surface area contributed by atoms with Gasteiger partial charge in [0.25, 0.3) is 0 Å². The van der Waals surface area contributed by atoms with Crippen LogP contribution in [-0.2, 0) is 12.8 Å². The van der Waals surface area contributed by atoms with E-state index in [1.54, 1.807) is 12.1 Å². The van der Waals surface area contributed by atoms with Crippen molar-refractivity contribution in [2.24, 2.45) is 0 Å². The second kappa shape index (κ2) is 3.64. The van der Waals surface area contributed by atoms with Crippen molar-refractivity contribution < 1.29 is 9.59 Å². The van der Waals surface area contributed by atoms with Crippen molar-refractivity contribution >= 4 is 11.6 Å². The van der Waals surface area contributed by atoms with Gasteiger partial charge in [-0.2, -0.15) is 0 Å².